The molecule has 2 aromatic rings. The summed E-state index contributed by atoms with van der Waals surface area (Å²) in [6.07, 6.45) is 1.79. The van der Waals surface area contributed by atoms with E-state index in [0.717, 1.165) is 39.2 Å². The van der Waals surface area contributed by atoms with Gasteiger partial charge in [-0.05, 0) is 43.7 Å². The number of nitrogens with one attached hydrogen (secondary N) is 4. The lowest BCUT2D eigenvalue weighted by molar-refractivity contribution is -0.124. The Balaban J connectivity index is 1.50. The number of anilines is 1. The van der Waals surface area contributed by atoms with Crippen LogP contribution in [0.1, 0.15) is 32.9 Å². The molecule has 162 valence electrons. The number of rotatable bonds is 5. The van der Waals surface area contributed by atoms with Gasteiger partial charge in [-0.25, -0.2) is 0 Å². The van der Waals surface area contributed by atoms with Crippen LogP contribution in [0.3, 0.4) is 0 Å². The molecule has 31 heavy (non-hydrogen) atoms. The standard InChI is InChI=1S/C22H24BrN5O3/c1-12-18(10-16-15-9-14(23)3-4-17(15)27-21(16)30)26-13(2)20(12)22(31)25-6-8-28-7-5-24-19(29)11-28/h3-4,9-10,26H,5-8,11H2,1-2H3,(H,24,29)(H,25,31)(H,27,30)/b16-10-. The van der Waals surface area contributed by atoms with E-state index in [1.165, 1.54) is 0 Å². The first-order chi connectivity index (χ1) is 14.8. The van der Waals surface area contributed by atoms with E-state index in [-0.39, 0.29) is 17.7 Å². The number of benzene rings is 1. The van der Waals surface area contributed by atoms with E-state index in [2.05, 4.69) is 36.9 Å². The Morgan fingerprint density at radius 3 is 2.87 bits per heavy atom. The van der Waals surface area contributed by atoms with Gasteiger partial charge in [-0.15, -0.1) is 0 Å². The highest BCUT2D eigenvalue weighted by molar-refractivity contribution is 9.10. The second kappa shape index (κ2) is 8.68. The fourth-order valence-electron chi connectivity index (χ4n) is 4.01. The lowest BCUT2D eigenvalue weighted by Gasteiger charge is -2.26. The average molecular weight is 486 g/mol. The van der Waals surface area contributed by atoms with Crippen LogP contribution in [0.4, 0.5) is 5.69 Å². The first-order valence-corrected chi connectivity index (χ1v) is 10.9. The maximum absolute atomic E-state index is 12.8. The molecule has 0 unspecified atom stereocenters. The van der Waals surface area contributed by atoms with Gasteiger partial charge in [-0.3, -0.25) is 19.3 Å². The number of aromatic nitrogens is 1. The van der Waals surface area contributed by atoms with Gasteiger partial charge in [-0.2, -0.15) is 0 Å². The summed E-state index contributed by atoms with van der Waals surface area (Å²) in [4.78, 5) is 42.0. The number of hydrogen-bond acceptors (Lipinski definition) is 4. The number of nitrogens with zero attached hydrogens (tertiary/aromatic N) is 1. The number of halogens is 1. The number of carbonyl (C=O) groups excluding carboxylic acids is 3. The van der Waals surface area contributed by atoms with Crippen LogP contribution in [0, 0.1) is 13.8 Å². The van der Waals surface area contributed by atoms with Crippen molar-refractivity contribution in [2.45, 2.75) is 13.8 Å². The SMILES string of the molecule is Cc1[nH]c(/C=C2\C(=O)Nc3ccc(Br)cc32)c(C)c1C(=O)NCCN1CCNC(=O)C1. The smallest absolute Gasteiger partial charge is 0.256 e. The quantitative estimate of drug-likeness (QED) is 0.486. The van der Waals surface area contributed by atoms with Crippen molar-refractivity contribution in [3.8, 4) is 0 Å². The Morgan fingerprint density at radius 2 is 2.10 bits per heavy atom. The molecule has 0 bridgehead atoms. The first kappa shape index (κ1) is 21.3. The number of aryl methyl sites for hydroxylation is 1. The van der Waals surface area contributed by atoms with Crippen LogP contribution in [-0.2, 0) is 9.59 Å². The van der Waals surface area contributed by atoms with Gasteiger partial charge in [0.1, 0.15) is 0 Å². The molecule has 1 saturated heterocycles. The molecular weight excluding hydrogens is 462 g/mol. The first-order valence-electron chi connectivity index (χ1n) is 10.1. The summed E-state index contributed by atoms with van der Waals surface area (Å²) in [6, 6.07) is 5.64. The molecule has 0 spiro atoms. The van der Waals surface area contributed by atoms with Gasteiger partial charge < -0.3 is 20.9 Å². The number of amides is 3. The van der Waals surface area contributed by atoms with Crippen molar-refractivity contribution in [2.75, 3.05) is 38.0 Å². The van der Waals surface area contributed by atoms with Crippen LogP contribution in [0.2, 0.25) is 0 Å². The van der Waals surface area contributed by atoms with E-state index < -0.39 is 0 Å². The summed E-state index contributed by atoms with van der Waals surface area (Å²) >= 11 is 3.45. The largest absolute Gasteiger partial charge is 0.358 e. The second-order valence-electron chi connectivity index (χ2n) is 7.75. The van der Waals surface area contributed by atoms with Crippen molar-refractivity contribution in [2.24, 2.45) is 0 Å². The van der Waals surface area contributed by atoms with Gasteiger partial charge in [0.15, 0.2) is 0 Å². The van der Waals surface area contributed by atoms with Crippen LogP contribution in [0.25, 0.3) is 11.6 Å². The molecule has 1 aromatic carbocycles. The van der Waals surface area contributed by atoms with Crippen LogP contribution in [0.15, 0.2) is 22.7 Å². The van der Waals surface area contributed by atoms with Crippen LogP contribution >= 0.6 is 15.9 Å². The van der Waals surface area contributed by atoms with E-state index in [1.54, 1.807) is 6.08 Å². The lowest BCUT2D eigenvalue weighted by Crippen LogP contribution is -2.49. The minimum atomic E-state index is -0.170. The minimum Gasteiger partial charge on any atom is -0.358 e. The summed E-state index contributed by atoms with van der Waals surface area (Å²) in [7, 11) is 0. The van der Waals surface area contributed by atoms with Gasteiger partial charge >= 0.3 is 0 Å². The fourth-order valence-corrected chi connectivity index (χ4v) is 4.37. The van der Waals surface area contributed by atoms with Gasteiger partial charge in [0, 0.05) is 53.3 Å². The van der Waals surface area contributed by atoms with Crippen LogP contribution < -0.4 is 16.0 Å². The minimum absolute atomic E-state index is 0.0112. The molecular formula is C22H24BrN5O3. The van der Waals surface area contributed by atoms with Gasteiger partial charge in [-0.1, -0.05) is 15.9 Å². The maximum atomic E-state index is 12.8. The molecule has 8 nitrogen and oxygen atoms in total. The highest BCUT2D eigenvalue weighted by Gasteiger charge is 2.26. The van der Waals surface area contributed by atoms with Crippen molar-refractivity contribution in [1.29, 1.82) is 0 Å². The molecule has 0 saturated carbocycles. The number of H-pyrrole nitrogens is 1. The third-order valence-electron chi connectivity index (χ3n) is 5.59. The number of hydrogen-bond donors (Lipinski definition) is 4. The third-order valence-corrected chi connectivity index (χ3v) is 6.08. The van der Waals surface area contributed by atoms with Crippen LogP contribution in [-0.4, -0.2) is 60.3 Å². The van der Waals surface area contributed by atoms with Crippen molar-refractivity contribution in [3.63, 3.8) is 0 Å². The van der Waals surface area contributed by atoms with Gasteiger partial charge in [0.05, 0.1) is 17.7 Å². The van der Waals surface area contributed by atoms with Gasteiger partial charge in [0.2, 0.25) is 5.91 Å². The average Bonchev–Trinajstić information content (AvgIpc) is 3.17. The summed E-state index contributed by atoms with van der Waals surface area (Å²) in [6.45, 7) is 6.55. The second-order valence-corrected chi connectivity index (χ2v) is 8.66. The molecule has 1 aromatic heterocycles. The Kier molecular flexibility index (Phi) is 5.97. The fraction of sp³-hybridized carbons (Fsp3) is 0.318. The molecule has 0 radical (unpaired) electrons. The highest BCUT2D eigenvalue weighted by atomic mass is 79.9. The predicted octanol–water partition coefficient (Wildman–Crippen LogP) is 2.05. The monoisotopic (exact) mass is 485 g/mol. The zero-order valence-corrected chi connectivity index (χ0v) is 19.0. The Labute approximate surface area is 188 Å². The van der Waals surface area contributed by atoms with E-state index in [9.17, 15) is 14.4 Å². The third kappa shape index (κ3) is 4.42. The summed E-state index contributed by atoms with van der Waals surface area (Å²) in [5.74, 6) is -0.329. The van der Waals surface area contributed by atoms with Crippen molar-refractivity contribution >= 4 is 51.0 Å². The van der Waals surface area contributed by atoms with Crippen molar-refractivity contribution in [1.82, 2.24) is 20.5 Å². The lowest BCUT2D eigenvalue weighted by atomic mass is 10.0. The van der Waals surface area contributed by atoms with Crippen molar-refractivity contribution < 1.29 is 14.4 Å². The topological polar surface area (TPSA) is 106 Å². The number of piperazine rings is 1. The number of aromatic amines is 1. The normalized spacial score (nSPS) is 17.5. The molecule has 0 atom stereocenters. The van der Waals surface area contributed by atoms with E-state index in [1.807, 2.05) is 36.9 Å². The van der Waals surface area contributed by atoms with E-state index in [0.29, 0.717) is 37.3 Å². The Hall–Kier alpha value is -2.91. The highest BCUT2D eigenvalue weighted by Crippen LogP contribution is 2.35. The summed E-state index contributed by atoms with van der Waals surface area (Å²) < 4.78 is 0.888. The van der Waals surface area contributed by atoms with Gasteiger partial charge in [0.25, 0.3) is 11.8 Å². The molecule has 2 aliphatic heterocycles. The molecule has 0 aliphatic carbocycles. The molecule has 3 amide bonds. The number of carbonyl (C=O) groups is 3. The molecule has 4 N–H and O–H groups in total. The zero-order valence-electron chi connectivity index (χ0n) is 17.4. The maximum Gasteiger partial charge on any atom is 0.256 e. The molecule has 3 heterocycles. The predicted molar refractivity (Wildman–Crippen MR) is 123 cm³/mol. The summed E-state index contributed by atoms with van der Waals surface area (Å²) in [5, 5.41) is 8.60. The molecule has 2 aliphatic rings. The molecule has 1 fully saturated rings. The Morgan fingerprint density at radius 1 is 1.29 bits per heavy atom. The van der Waals surface area contributed by atoms with E-state index in [4.69, 9.17) is 0 Å². The number of fused-ring (bicyclic) bond motifs is 1. The summed E-state index contributed by atoms with van der Waals surface area (Å²) in [5.41, 5.74) is 4.98. The van der Waals surface area contributed by atoms with Crippen LogP contribution in [0.5, 0.6) is 0 Å². The van der Waals surface area contributed by atoms with Crippen molar-refractivity contribution in [3.05, 3.63) is 50.8 Å². The zero-order chi connectivity index (χ0) is 22.1. The Bertz CT molecular complexity index is 1100. The molecule has 4 rings (SSSR count). The molecule has 9 heteroatoms. The van der Waals surface area contributed by atoms with E-state index >= 15 is 0 Å².